The molecule has 1 aromatic carbocycles. The van der Waals surface area contributed by atoms with Crippen molar-refractivity contribution in [3.05, 3.63) is 71.3 Å². The van der Waals surface area contributed by atoms with E-state index in [1.807, 2.05) is 37.0 Å². The highest BCUT2D eigenvalue weighted by atomic mass is 28.4. The molecule has 2 aromatic rings. The SMILES string of the molecule is CCOC(=O)c1cccc(OC(F)F)c1[C@H]1C[C@@H](NC(=O)OC(C)(C)C)N2CN=C3C(c4cnc(C(C)(C)O[Si](C)(C)C(C)(C)C)nc4)=CC=CC312. The Balaban J connectivity index is 1.59. The molecule has 0 radical (unpaired) electrons. The third-order valence-electron chi connectivity index (χ3n) is 10.1. The minimum atomic E-state index is -3.16. The van der Waals surface area contributed by atoms with Crippen molar-refractivity contribution in [3.63, 3.8) is 0 Å². The fourth-order valence-electron chi connectivity index (χ4n) is 7.00. The summed E-state index contributed by atoms with van der Waals surface area (Å²) >= 11 is 0. The molecule has 3 atom stereocenters. The van der Waals surface area contributed by atoms with E-state index in [-0.39, 0.29) is 41.6 Å². The maximum absolute atomic E-state index is 13.9. The number of aliphatic imine (C=N–C) groups is 1. The monoisotopic (exact) mass is 739 g/mol. The zero-order chi connectivity index (χ0) is 38.4. The molecule has 1 aromatic heterocycles. The predicted molar refractivity (Wildman–Crippen MR) is 197 cm³/mol. The highest BCUT2D eigenvalue weighted by Crippen LogP contribution is 2.55. The summed E-state index contributed by atoms with van der Waals surface area (Å²) in [5.74, 6) is -1.01. The molecule has 2 aliphatic heterocycles. The summed E-state index contributed by atoms with van der Waals surface area (Å²) in [5, 5.41) is 2.96. The first-order valence-corrected chi connectivity index (χ1v) is 20.5. The van der Waals surface area contributed by atoms with Gasteiger partial charge in [-0.1, -0.05) is 45.1 Å². The Labute approximate surface area is 306 Å². The van der Waals surface area contributed by atoms with E-state index in [2.05, 4.69) is 39.2 Å². The van der Waals surface area contributed by atoms with Gasteiger partial charge in [0.15, 0.2) is 14.1 Å². The Morgan fingerprint density at radius 1 is 1.08 bits per heavy atom. The van der Waals surface area contributed by atoms with Gasteiger partial charge in [-0.15, -0.1) is 0 Å². The van der Waals surface area contributed by atoms with E-state index in [4.69, 9.17) is 33.6 Å². The van der Waals surface area contributed by atoms with E-state index in [0.29, 0.717) is 22.7 Å². The maximum atomic E-state index is 13.9. The van der Waals surface area contributed by atoms with Crippen LogP contribution in [0.4, 0.5) is 13.6 Å². The number of hydrogen-bond donors (Lipinski definition) is 1. The second-order valence-corrected chi connectivity index (χ2v) is 21.0. The molecule has 11 nitrogen and oxygen atoms in total. The summed E-state index contributed by atoms with van der Waals surface area (Å²) in [4.78, 5) is 43.1. The first-order chi connectivity index (χ1) is 24.1. The van der Waals surface area contributed by atoms with Crippen LogP contribution in [-0.4, -0.2) is 78.2 Å². The van der Waals surface area contributed by atoms with Crippen LogP contribution in [0.15, 0.2) is 53.8 Å². The van der Waals surface area contributed by atoms with E-state index < -0.39 is 55.8 Å². The zero-order valence-electron chi connectivity index (χ0n) is 32.0. The van der Waals surface area contributed by atoms with Crippen molar-refractivity contribution in [2.45, 2.75) is 122 Å². The Morgan fingerprint density at radius 3 is 2.35 bits per heavy atom. The number of nitrogens with one attached hydrogen (secondary N) is 1. The Morgan fingerprint density at radius 2 is 1.75 bits per heavy atom. The number of benzene rings is 1. The van der Waals surface area contributed by atoms with Gasteiger partial charge in [-0.2, -0.15) is 8.78 Å². The van der Waals surface area contributed by atoms with Crippen molar-refractivity contribution >= 4 is 31.7 Å². The van der Waals surface area contributed by atoms with Crippen molar-refractivity contribution < 1.29 is 37.0 Å². The molecule has 3 aliphatic rings. The number of aromatic nitrogens is 2. The number of nitrogens with zero attached hydrogens (tertiary/aromatic N) is 4. The molecule has 1 unspecified atom stereocenters. The third kappa shape index (κ3) is 7.56. The topological polar surface area (TPSA) is 124 Å². The van der Waals surface area contributed by atoms with E-state index in [0.717, 1.165) is 0 Å². The summed E-state index contributed by atoms with van der Waals surface area (Å²) in [5.41, 5.74) is -0.285. The lowest BCUT2D eigenvalue weighted by Gasteiger charge is -2.42. The lowest BCUT2D eigenvalue weighted by atomic mass is 9.71. The number of carbonyl (C=O) groups excluding carboxylic acids is 2. The fraction of sp³-hybridized carbons (Fsp3) is 0.553. The molecule has 282 valence electrons. The van der Waals surface area contributed by atoms with Crippen molar-refractivity contribution in [3.8, 4) is 5.75 Å². The Kier molecular flexibility index (Phi) is 10.6. The molecular weight excluding hydrogens is 689 g/mol. The van der Waals surface area contributed by atoms with Crippen LogP contribution >= 0.6 is 0 Å². The second-order valence-electron chi connectivity index (χ2n) is 16.3. The number of halogens is 2. The molecule has 3 heterocycles. The van der Waals surface area contributed by atoms with Crippen LogP contribution in [-0.2, 0) is 19.5 Å². The molecule has 1 fully saturated rings. The molecular formula is C38H51F2N5O6Si. The third-order valence-corrected chi connectivity index (χ3v) is 14.7. The summed E-state index contributed by atoms with van der Waals surface area (Å²) in [6.07, 6.45) is 8.08. The molecule has 5 rings (SSSR count). The predicted octanol–water partition coefficient (Wildman–Crippen LogP) is 7.96. The lowest BCUT2D eigenvalue weighted by molar-refractivity contribution is -0.0508. The molecule has 0 bridgehead atoms. The van der Waals surface area contributed by atoms with Crippen LogP contribution < -0.4 is 10.1 Å². The van der Waals surface area contributed by atoms with Gasteiger partial charge in [-0.25, -0.2) is 24.5 Å². The van der Waals surface area contributed by atoms with Crippen LogP contribution in [0.5, 0.6) is 5.75 Å². The fourth-order valence-corrected chi connectivity index (χ4v) is 8.67. The number of alkyl carbamates (subject to hydrolysis) is 1. The van der Waals surface area contributed by atoms with Gasteiger partial charge in [0.1, 0.15) is 17.0 Å². The van der Waals surface area contributed by atoms with Gasteiger partial charge in [0, 0.05) is 35.0 Å². The summed E-state index contributed by atoms with van der Waals surface area (Å²) < 4.78 is 50.6. The average molecular weight is 740 g/mol. The smallest absolute Gasteiger partial charge is 0.408 e. The molecule has 0 saturated carbocycles. The van der Waals surface area contributed by atoms with Crippen molar-refractivity contribution in [2.75, 3.05) is 13.3 Å². The number of hydrogen-bond acceptors (Lipinski definition) is 10. The molecule has 1 amide bonds. The highest BCUT2D eigenvalue weighted by Gasteiger charge is 2.61. The number of alkyl halides is 2. The van der Waals surface area contributed by atoms with E-state index >= 15 is 0 Å². The van der Waals surface area contributed by atoms with Crippen LogP contribution in [0.1, 0.15) is 102 Å². The number of rotatable bonds is 10. The van der Waals surface area contributed by atoms with Gasteiger partial charge < -0.3 is 24.0 Å². The molecule has 1 saturated heterocycles. The Bertz CT molecular complexity index is 1780. The van der Waals surface area contributed by atoms with Gasteiger partial charge in [-0.3, -0.25) is 4.99 Å². The summed E-state index contributed by atoms with van der Waals surface area (Å²) in [7, 11) is -2.16. The molecule has 52 heavy (non-hydrogen) atoms. The van der Waals surface area contributed by atoms with Crippen molar-refractivity contribution in [1.82, 2.24) is 20.2 Å². The molecule has 14 heteroatoms. The van der Waals surface area contributed by atoms with Gasteiger partial charge >= 0.3 is 18.7 Å². The van der Waals surface area contributed by atoms with E-state index in [1.165, 1.54) is 18.2 Å². The number of amides is 1. The lowest BCUT2D eigenvalue weighted by Crippen LogP contribution is -2.54. The number of allylic oxidation sites excluding steroid dienone is 2. The van der Waals surface area contributed by atoms with Crippen LogP contribution in [0.3, 0.4) is 0 Å². The molecule has 1 N–H and O–H groups in total. The van der Waals surface area contributed by atoms with Gasteiger partial charge in [0.05, 0.1) is 36.3 Å². The molecule has 1 spiro atoms. The van der Waals surface area contributed by atoms with Crippen LogP contribution in [0, 0.1) is 0 Å². The standard InChI is InChI=1S/C38H51F2N5O6Si/c1-12-48-31(46)25-15-13-17-27(49-33(39)40)29(25)26-19-28(44-34(47)50-35(2,3)4)45-22-43-30-24(16-14-18-38(26,30)45)23-20-41-32(42-21-23)37(8,9)51-52(10,11)36(5,6)7/h13-18,20-21,26,28,33H,12,19,22H2,1-11H3,(H,44,47)/t26-,28+,38?/m1/s1. The largest absolute Gasteiger partial charge is 0.462 e. The van der Waals surface area contributed by atoms with Crippen molar-refractivity contribution in [2.24, 2.45) is 4.99 Å². The van der Waals surface area contributed by atoms with Gasteiger partial charge in [0.2, 0.25) is 0 Å². The van der Waals surface area contributed by atoms with E-state index in [9.17, 15) is 18.4 Å². The van der Waals surface area contributed by atoms with Crippen molar-refractivity contribution in [1.29, 1.82) is 0 Å². The highest BCUT2D eigenvalue weighted by molar-refractivity contribution is 6.74. The normalized spacial score (nSPS) is 22.0. The first kappa shape index (κ1) is 39.2. The Hall–Kier alpha value is -4.01. The van der Waals surface area contributed by atoms with Crippen LogP contribution in [0.2, 0.25) is 18.1 Å². The zero-order valence-corrected chi connectivity index (χ0v) is 33.0. The first-order valence-electron chi connectivity index (χ1n) is 17.6. The quantitative estimate of drug-likeness (QED) is 0.191. The van der Waals surface area contributed by atoms with E-state index in [1.54, 1.807) is 40.1 Å². The maximum Gasteiger partial charge on any atom is 0.408 e. The van der Waals surface area contributed by atoms with Crippen LogP contribution in [0.25, 0.3) is 5.57 Å². The molecule has 1 aliphatic carbocycles. The summed E-state index contributed by atoms with van der Waals surface area (Å²) in [6.45, 7) is 18.9. The number of ether oxygens (including phenoxy) is 3. The van der Waals surface area contributed by atoms with Gasteiger partial charge in [-0.05, 0) is 78.2 Å². The summed E-state index contributed by atoms with van der Waals surface area (Å²) in [6, 6.07) is 4.43. The number of carbonyl (C=O) groups is 2. The second kappa shape index (κ2) is 14.1. The van der Waals surface area contributed by atoms with Gasteiger partial charge in [0.25, 0.3) is 0 Å². The minimum absolute atomic E-state index is 0.00952. The minimum Gasteiger partial charge on any atom is -0.462 e. The number of esters is 1. The average Bonchev–Trinajstić information content (AvgIpc) is 3.54.